The van der Waals surface area contributed by atoms with E-state index in [4.69, 9.17) is 4.74 Å². The van der Waals surface area contributed by atoms with Crippen molar-refractivity contribution in [2.75, 3.05) is 13.7 Å². The molecular formula is C12H16N2O4. The first-order valence-corrected chi connectivity index (χ1v) is 5.54. The summed E-state index contributed by atoms with van der Waals surface area (Å²) in [7, 11) is 1.70. The molecule has 0 fully saturated rings. The summed E-state index contributed by atoms with van der Waals surface area (Å²) in [5.74, 6) is 0.300. The molecule has 18 heavy (non-hydrogen) atoms. The van der Waals surface area contributed by atoms with Crippen LogP contribution in [-0.2, 0) is 4.79 Å². The minimum absolute atomic E-state index is 0.00650. The van der Waals surface area contributed by atoms with Crippen molar-refractivity contribution in [3.8, 4) is 5.75 Å². The van der Waals surface area contributed by atoms with Crippen LogP contribution in [0.1, 0.15) is 13.8 Å². The Kier molecular flexibility index (Phi) is 4.65. The number of nitro benzene ring substituents is 1. The van der Waals surface area contributed by atoms with Gasteiger partial charge in [-0.05, 0) is 26.0 Å². The lowest BCUT2D eigenvalue weighted by Gasteiger charge is -2.21. The molecule has 1 amide bonds. The number of non-ortho nitro benzene ring substituents is 1. The second-order valence-electron chi connectivity index (χ2n) is 4.14. The van der Waals surface area contributed by atoms with Crippen LogP contribution in [0.4, 0.5) is 5.69 Å². The van der Waals surface area contributed by atoms with Crippen LogP contribution in [0.15, 0.2) is 24.3 Å². The van der Waals surface area contributed by atoms with Gasteiger partial charge in [-0.2, -0.15) is 0 Å². The summed E-state index contributed by atoms with van der Waals surface area (Å²) >= 11 is 0. The van der Waals surface area contributed by atoms with E-state index in [1.807, 2.05) is 13.8 Å². The number of nitrogens with zero attached hydrogens (tertiary/aromatic N) is 2. The van der Waals surface area contributed by atoms with E-state index in [0.717, 1.165) is 0 Å². The van der Waals surface area contributed by atoms with E-state index >= 15 is 0 Å². The molecule has 1 rings (SSSR count). The van der Waals surface area contributed by atoms with Crippen molar-refractivity contribution in [3.05, 3.63) is 34.4 Å². The maximum Gasteiger partial charge on any atom is 0.269 e. The number of carbonyl (C=O) groups excluding carboxylic acids is 1. The summed E-state index contributed by atoms with van der Waals surface area (Å²) in [5.41, 5.74) is -0.00650. The highest BCUT2D eigenvalue weighted by Crippen LogP contribution is 2.17. The zero-order valence-electron chi connectivity index (χ0n) is 10.6. The molecule has 0 radical (unpaired) electrons. The van der Waals surface area contributed by atoms with Gasteiger partial charge in [-0.25, -0.2) is 0 Å². The van der Waals surface area contributed by atoms with Gasteiger partial charge < -0.3 is 9.64 Å². The Hall–Kier alpha value is -2.11. The second-order valence-corrected chi connectivity index (χ2v) is 4.14. The van der Waals surface area contributed by atoms with Gasteiger partial charge in [0, 0.05) is 25.2 Å². The van der Waals surface area contributed by atoms with Gasteiger partial charge in [-0.15, -0.1) is 0 Å². The van der Waals surface area contributed by atoms with Crippen molar-refractivity contribution in [2.24, 2.45) is 0 Å². The number of carbonyl (C=O) groups is 1. The summed E-state index contributed by atoms with van der Waals surface area (Å²) in [5, 5.41) is 10.4. The molecule has 0 aliphatic heterocycles. The minimum atomic E-state index is -0.485. The van der Waals surface area contributed by atoms with Crippen LogP contribution < -0.4 is 4.74 Å². The number of hydrogen-bond donors (Lipinski definition) is 0. The lowest BCUT2D eigenvalue weighted by molar-refractivity contribution is -0.384. The fourth-order valence-electron chi connectivity index (χ4n) is 1.20. The molecule has 1 aromatic rings. The molecule has 0 aliphatic carbocycles. The quantitative estimate of drug-likeness (QED) is 0.592. The number of benzene rings is 1. The summed E-state index contributed by atoms with van der Waals surface area (Å²) in [4.78, 5) is 23.2. The van der Waals surface area contributed by atoms with Crippen molar-refractivity contribution in [3.63, 3.8) is 0 Å². The number of amides is 1. The van der Waals surface area contributed by atoms with E-state index < -0.39 is 4.92 Å². The molecule has 6 heteroatoms. The molecule has 0 heterocycles. The summed E-state index contributed by atoms with van der Waals surface area (Å²) in [6.07, 6.45) is 0. The predicted octanol–water partition coefficient (Wildman–Crippen LogP) is 1.84. The van der Waals surface area contributed by atoms with Crippen molar-refractivity contribution >= 4 is 11.6 Å². The molecule has 0 N–H and O–H groups in total. The Bertz CT molecular complexity index is 428. The third kappa shape index (κ3) is 3.73. The topological polar surface area (TPSA) is 72.7 Å². The zero-order valence-corrected chi connectivity index (χ0v) is 10.6. The average Bonchev–Trinajstić information content (AvgIpc) is 2.35. The first-order chi connectivity index (χ1) is 8.41. The first-order valence-electron chi connectivity index (χ1n) is 5.54. The fourth-order valence-corrected chi connectivity index (χ4v) is 1.20. The van der Waals surface area contributed by atoms with Gasteiger partial charge in [0.25, 0.3) is 11.6 Å². The summed E-state index contributed by atoms with van der Waals surface area (Å²) in [6.45, 7) is 3.74. The van der Waals surface area contributed by atoms with Gasteiger partial charge in [0.05, 0.1) is 4.92 Å². The Labute approximate surface area is 105 Å². The van der Waals surface area contributed by atoms with Crippen LogP contribution >= 0.6 is 0 Å². The monoisotopic (exact) mass is 252 g/mol. The second kappa shape index (κ2) is 6.00. The molecule has 0 saturated carbocycles. The largest absolute Gasteiger partial charge is 0.484 e. The highest BCUT2D eigenvalue weighted by atomic mass is 16.6. The Morgan fingerprint density at radius 1 is 1.39 bits per heavy atom. The summed E-state index contributed by atoms with van der Waals surface area (Å²) < 4.78 is 5.26. The van der Waals surface area contributed by atoms with Gasteiger partial charge in [0.1, 0.15) is 5.75 Å². The van der Waals surface area contributed by atoms with Crippen LogP contribution in [-0.4, -0.2) is 35.4 Å². The van der Waals surface area contributed by atoms with Crippen molar-refractivity contribution in [1.29, 1.82) is 0 Å². The number of rotatable bonds is 5. The van der Waals surface area contributed by atoms with Gasteiger partial charge in [0.2, 0.25) is 0 Å². The molecule has 0 saturated heterocycles. The molecule has 0 spiro atoms. The number of ether oxygens (including phenoxy) is 1. The van der Waals surface area contributed by atoms with Crippen molar-refractivity contribution in [2.45, 2.75) is 19.9 Å². The smallest absolute Gasteiger partial charge is 0.269 e. The zero-order chi connectivity index (χ0) is 13.7. The van der Waals surface area contributed by atoms with E-state index in [-0.39, 0.29) is 24.2 Å². The molecular weight excluding hydrogens is 236 g/mol. The molecule has 0 aliphatic rings. The Morgan fingerprint density at radius 2 is 1.94 bits per heavy atom. The average molecular weight is 252 g/mol. The highest BCUT2D eigenvalue weighted by Gasteiger charge is 2.12. The highest BCUT2D eigenvalue weighted by molar-refractivity contribution is 5.77. The van der Waals surface area contributed by atoms with Crippen LogP contribution in [0.25, 0.3) is 0 Å². The molecule has 0 atom stereocenters. The van der Waals surface area contributed by atoms with Crippen molar-refractivity contribution < 1.29 is 14.5 Å². The Balaban J connectivity index is 2.54. The SMILES string of the molecule is CC(C)N(C)C(=O)COc1ccc([N+](=O)[O-])cc1. The molecule has 0 aromatic heterocycles. The third-order valence-electron chi connectivity index (χ3n) is 2.58. The molecule has 0 bridgehead atoms. The lowest BCUT2D eigenvalue weighted by atomic mass is 10.3. The van der Waals surface area contributed by atoms with Crippen LogP contribution in [0.5, 0.6) is 5.75 Å². The van der Waals surface area contributed by atoms with Gasteiger partial charge in [-0.3, -0.25) is 14.9 Å². The first kappa shape index (κ1) is 14.0. The van der Waals surface area contributed by atoms with Crippen LogP contribution in [0.3, 0.4) is 0 Å². The van der Waals surface area contributed by atoms with Gasteiger partial charge in [-0.1, -0.05) is 0 Å². The maximum absolute atomic E-state index is 11.6. The number of hydrogen-bond acceptors (Lipinski definition) is 4. The van der Waals surface area contributed by atoms with Crippen molar-refractivity contribution in [1.82, 2.24) is 4.90 Å². The van der Waals surface area contributed by atoms with Crippen LogP contribution in [0, 0.1) is 10.1 Å². The predicted molar refractivity (Wildman–Crippen MR) is 66.5 cm³/mol. The number of nitro groups is 1. The lowest BCUT2D eigenvalue weighted by Crippen LogP contribution is -2.36. The minimum Gasteiger partial charge on any atom is -0.484 e. The summed E-state index contributed by atoms with van der Waals surface area (Å²) in [6, 6.07) is 5.73. The van der Waals surface area contributed by atoms with Crippen LogP contribution in [0.2, 0.25) is 0 Å². The third-order valence-corrected chi connectivity index (χ3v) is 2.58. The fraction of sp³-hybridized carbons (Fsp3) is 0.417. The normalized spacial score (nSPS) is 10.2. The Morgan fingerprint density at radius 3 is 2.39 bits per heavy atom. The van der Waals surface area contributed by atoms with E-state index in [2.05, 4.69) is 0 Å². The molecule has 6 nitrogen and oxygen atoms in total. The van der Waals surface area contributed by atoms with E-state index in [9.17, 15) is 14.9 Å². The standard InChI is InChI=1S/C12H16N2O4/c1-9(2)13(3)12(15)8-18-11-6-4-10(5-7-11)14(16)17/h4-7,9H,8H2,1-3H3. The van der Waals surface area contributed by atoms with E-state index in [1.54, 1.807) is 11.9 Å². The van der Waals surface area contributed by atoms with Gasteiger partial charge in [0.15, 0.2) is 6.61 Å². The van der Waals surface area contributed by atoms with Gasteiger partial charge >= 0.3 is 0 Å². The van der Waals surface area contributed by atoms with E-state index in [1.165, 1.54) is 24.3 Å². The molecule has 0 unspecified atom stereocenters. The van der Waals surface area contributed by atoms with E-state index in [0.29, 0.717) is 5.75 Å². The molecule has 98 valence electrons. The number of likely N-dealkylation sites (N-methyl/N-ethyl adjacent to an activating group) is 1. The molecule has 1 aromatic carbocycles. The maximum atomic E-state index is 11.6.